The molecule has 0 aliphatic heterocycles. The minimum atomic E-state index is -0.422. The number of esters is 2. The Balaban J connectivity index is 2.99. The van der Waals surface area contributed by atoms with Gasteiger partial charge in [-0.1, -0.05) is 38.1 Å². The molecule has 1 aromatic rings. The zero-order valence-corrected chi connectivity index (χ0v) is 25.3. The Bertz CT molecular complexity index is 884. The number of nitrogens with zero attached hydrogens (tertiary/aromatic N) is 2. The first-order valence-corrected chi connectivity index (χ1v) is 14.1. The van der Waals surface area contributed by atoms with Crippen LogP contribution in [0.2, 0.25) is 0 Å². The van der Waals surface area contributed by atoms with Crippen LogP contribution in [0.25, 0.3) is 0 Å². The average molecular weight is 563 g/mol. The van der Waals surface area contributed by atoms with Gasteiger partial charge in [-0.25, -0.2) is 0 Å². The molecular formula is C30H50N4O6. The molecule has 40 heavy (non-hydrogen) atoms. The van der Waals surface area contributed by atoms with Crippen LogP contribution in [0.15, 0.2) is 24.3 Å². The summed E-state index contributed by atoms with van der Waals surface area (Å²) in [6.45, 7) is 9.66. The Hall–Kier alpha value is -2.98. The second-order valence-corrected chi connectivity index (χ2v) is 11.1. The average Bonchev–Trinajstić information content (AvgIpc) is 2.94. The van der Waals surface area contributed by atoms with E-state index in [-0.39, 0.29) is 37.5 Å². The lowest BCUT2D eigenvalue weighted by atomic mass is 9.95. The molecule has 0 fully saturated rings. The molecule has 0 saturated heterocycles. The van der Waals surface area contributed by atoms with Crippen molar-refractivity contribution in [3.05, 3.63) is 35.4 Å². The Kier molecular flexibility index (Phi) is 14.9. The fraction of sp³-hybridized carbons (Fsp3) is 0.667. The molecule has 0 spiro atoms. The quantitative estimate of drug-likeness (QED) is 0.259. The number of hydrogen-bond acceptors (Lipinski definition) is 8. The van der Waals surface area contributed by atoms with Crippen molar-refractivity contribution in [3.63, 3.8) is 0 Å². The molecule has 0 aromatic heterocycles. The molecule has 0 aliphatic carbocycles. The Morgan fingerprint density at radius 2 is 1.00 bits per heavy atom. The van der Waals surface area contributed by atoms with E-state index in [0.717, 1.165) is 24.0 Å². The van der Waals surface area contributed by atoms with Gasteiger partial charge in [-0.15, -0.1) is 0 Å². The highest BCUT2D eigenvalue weighted by atomic mass is 16.5. The molecule has 2 atom stereocenters. The lowest BCUT2D eigenvalue weighted by Crippen LogP contribution is -2.41. The summed E-state index contributed by atoms with van der Waals surface area (Å²) in [6.07, 6.45) is 3.01. The predicted octanol–water partition coefficient (Wildman–Crippen LogP) is 3.29. The van der Waals surface area contributed by atoms with Crippen molar-refractivity contribution in [1.29, 1.82) is 0 Å². The maximum atomic E-state index is 13.0. The molecule has 0 heterocycles. The minimum absolute atomic E-state index is 0.0260. The number of methoxy groups -OCH3 is 2. The fourth-order valence-electron chi connectivity index (χ4n) is 3.85. The largest absolute Gasteiger partial charge is 0.469 e. The first-order valence-electron chi connectivity index (χ1n) is 14.1. The summed E-state index contributed by atoms with van der Waals surface area (Å²) in [5.74, 6) is -1.11. The van der Waals surface area contributed by atoms with Crippen molar-refractivity contribution in [1.82, 2.24) is 9.80 Å². The maximum Gasteiger partial charge on any atom is 0.306 e. The smallest absolute Gasteiger partial charge is 0.306 e. The molecule has 2 unspecified atom stereocenters. The highest BCUT2D eigenvalue weighted by molar-refractivity contribution is 5.82. The summed E-state index contributed by atoms with van der Waals surface area (Å²) < 4.78 is 9.36. The van der Waals surface area contributed by atoms with Gasteiger partial charge >= 0.3 is 11.9 Å². The Morgan fingerprint density at radius 3 is 1.27 bits per heavy atom. The van der Waals surface area contributed by atoms with Crippen LogP contribution in [0.3, 0.4) is 0 Å². The number of benzene rings is 1. The number of hydrogen-bond donors (Lipinski definition) is 2. The van der Waals surface area contributed by atoms with E-state index in [2.05, 4.69) is 9.47 Å². The second-order valence-electron chi connectivity index (χ2n) is 11.1. The molecule has 10 heteroatoms. The van der Waals surface area contributed by atoms with E-state index >= 15 is 0 Å². The number of carbonyl (C=O) groups is 4. The van der Waals surface area contributed by atoms with Crippen LogP contribution in [-0.4, -0.2) is 71.9 Å². The monoisotopic (exact) mass is 562 g/mol. The van der Waals surface area contributed by atoms with E-state index in [1.807, 2.05) is 52.0 Å². The topological polar surface area (TPSA) is 145 Å². The molecule has 0 aliphatic rings. The highest BCUT2D eigenvalue weighted by Gasteiger charge is 2.23. The van der Waals surface area contributed by atoms with E-state index < -0.39 is 23.0 Å². The molecule has 4 N–H and O–H groups in total. The molecule has 2 amide bonds. The SMILES string of the molecule is CCC(C)(N)CCN(Cc1ccc(CN(CCC(C)(N)CC)C(=O)CCC(=O)OC)cc1)C(=O)CCC(=O)OC. The molecule has 0 bridgehead atoms. The van der Waals surface area contributed by atoms with E-state index in [0.29, 0.717) is 39.0 Å². The van der Waals surface area contributed by atoms with E-state index in [4.69, 9.17) is 11.5 Å². The molecular weight excluding hydrogens is 512 g/mol. The summed E-state index contributed by atoms with van der Waals surface area (Å²) in [5, 5.41) is 0. The first-order chi connectivity index (χ1) is 18.8. The number of carbonyl (C=O) groups excluding carboxylic acids is 4. The van der Waals surface area contributed by atoms with Gasteiger partial charge in [0, 0.05) is 50.1 Å². The summed E-state index contributed by atoms with van der Waals surface area (Å²) in [4.78, 5) is 52.5. The summed E-state index contributed by atoms with van der Waals surface area (Å²) in [6, 6.07) is 7.75. The van der Waals surface area contributed by atoms with Gasteiger partial charge in [-0.05, 0) is 50.7 Å². The molecule has 10 nitrogen and oxygen atoms in total. The third-order valence-electron chi connectivity index (χ3n) is 7.54. The summed E-state index contributed by atoms with van der Waals surface area (Å²) in [7, 11) is 2.61. The minimum Gasteiger partial charge on any atom is -0.469 e. The van der Waals surface area contributed by atoms with Gasteiger partial charge in [0.05, 0.1) is 27.1 Å². The van der Waals surface area contributed by atoms with Gasteiger partial charge in [0.15, 0.2) is 0 Å². The van der Waals surface area contributed by atoms with Crippen LogP contribution in [0.1, 0.15) is 90.2 Å². The Labute approximate surface area is 239 Å². The van der Waals surface area contributed by atoms with E-state index in [1.165, 1.54) is 14.2 Å². The summed E-state index contributed by atoms with van der Waals surface area (Å²) >= 11 is 0. The number of nitrogens with two attached hydrogens (primary N) is 2. The molecule has 0 radical (unpaired) electrons. The number of ether oxygens (including phenoxy) is 2. The van der Waals surface area contributed by atoms with Gasteiger partial charge < -0.3 is 30.7 Å². The zero-order chi connectivity index (χ0) is 30.3. The van der Waals surface area contributed by atoms with E-state index in [1.54, 1.807) is 9.80 Å². The van der Waals surface area contributed by atoms with Crippen LogP contribution in [-0.2, 0) is 41.7 Å². The standard InChI is InChI=1S/C30H50N4O6/c1-7-29(3,31)17-19-33(25(35)13-15-27(37)39-5)21-23-9-11-24(12-10-23)22-34(20-18-30(4,32)8-2)26(36)14-16-28(38)40-6/h9-12H,7-8,13-22,31-32H2,1-6H3. The van der Waals surface area contributed by atoms with Gasteiger partial charge in [0.1, 0.15) is 0 Å². The lowest BCUT2D eigenvalue weighted by molar-refractivity contribution is -0.144. The van der Waals surface area contributed by atoms with Gasteiger partial charge in [-0.2, -0.15) is 0 Å². The normalized spacial score (nSPS) is 14.0. The number of rotatable bonds is 18. The van der Waals surface area contributed by atoms with Gasteiger partial charge in [0.2, 0.25) is 11.8 Å². The predicted molar refractivity (Wildman–Crippen MR) is 155 cm³/mol. The molecule has 1 aromatic carbocycles. The van der Waals surface area contributed by atoms with Crippen molar-refractivity contribution in [2.24, 2.45) is 11.5 Å². The molecule has 226 valence electrons. The third-order valence-corrected chi connectivity index (χ3v) is 7.54. The fourth-order valence-corrected chi connectivity index (χ4v) is 3.85. The van der Waals surface area contributed by atoms with Crippen LogP contribution in [0.5, 0.6) is 0 Å². The van der Waals surface area contributed by atoms with Crippen molar-refractivity contribution in [2.45, 2.75) is 103 Å². The third kappa shape index (κ3) is 13.4. The van der Waals surface area contributed by atoms with Crippen LogP contribution < -0.4 is 11.5 Å². The second kappa shape index (κ2) is 17.0. The van der Waals surface area contributed by atoms with Crippen molar-refractivity contribution in [3.8, 4) is 0 Å². The zero-order valence-electron chi connectivity index (χ0n) is 25.3. The van der Waals surface area contributed by atoms with Gasteiger partial charge in [0.25, 0.3) is 0 Å². The van der Waals surface area contributed by atoms with Crippen molar-refractivity contribution >= 4 is 23.8 Å². The van der Waals surface area contributed by atoms with Gasteiger partial charge in [-0.3, -0.25) is 19.2 Å². The van der Waals surface area contributed by atoms with Crippen molar-refractivity contribution in [2.75, 3.05) is 27.3 Å². The lowest BCUT2D eigenvalue weighted by Gasteiger charge is -2.29. The number of amides is 2. The van der Waals surface area contributed by atoms with Crippen molar-refractivity contribution < 1.29 is 28.7 Å². The van der Waals surface area contributed by atoms with Crippen LogP contribution in [0, 0.1) is 0 Å². The maximum absolute atomic E-state index is 13.0. The highest BCUT2D eigenvalue weighted by Crippen LogP contribution is 2.18. The van der Waals surface area contributed by atoms with E-state index in [9.17, 15) is 19.2 Å². The van der Waals surface area contributed by atoms with Crippen LogP contribution in [0.4, 0.5) is 0 Å². The first kappa shape index (κ1) is 35.0. The molecule has 1 rings (SSSR count). The van der Waals surface area contributed by atoms with Crippen LogP contribution >= 0.6 is 0 Å². The molecule has 0 saturated carbocycles. The Morgan fingerprint density at radius 1 is 0.675 bits per heavy atom. The summed E-state index contributed by atoms with van der Waals surface area (Å²) in [5.41, 5.74) is 13.7.